The zero-order valence-corrected chi connectivity index (χ0v) is 13.7. The van der Waals surface area contributed by atoms with Crippen molar-refractivity contribution in [2.24, 2.45) is 0 Å². The van der Waals surface area contributed by atoms with Gasteiger partial charge in [-0.3, -0.25) is 4.79 Å². The molecule has 0 amide bonds. The normalized spacial score (nSPS) is 12.9. The molecule has 114 valence electrons. The Bertz CT molecular complexity index is 610. The van der Waals surface area contributed by atoms with E-state index in [9.17, 15) is 13.2 Å². The van der Waals surface area contributed by atoms with Crippen LogP contribution in [-0.2, 0) is 21.8 Å². The smallest absolute Gasteiger partial charge is 0.266 e. The van der Waals surface area contributed by atoms with Crippen LogP contribution in [0.15, 0.2) is 16.9 Å². The van der Waals surface area contributed by atoms with Crippen LogP contribution in [0.3, 0.4) is 0 Å². The van der Waals surface area contributed by atoms with Gasteiger partial charge in [0.05, 0.1) is 16.7 Å². The average molecular weight is 300 g/mol. The summed E-state index contributed by atoms with van der Waals surface area (Å²) in [7, 11) is -3.06. The lowest BCUT2D eigenvalue weighted by Crippen LogP contribution is -2.28. The van der Waals surface area contributed by atoms with E-state index in [0.717, 1.165) is 5.69 Å². The summed E-state index contributed by atoms with van der Waals surface area (Å²) in [5.41, 5.74) is 0.489. The van der Waals surface area contributed by atoms with Crippen molar-refractivity contribution >= 4 is 9.84 Å². The molecule has 0 aliphatic heterocycles. The topological polar surface area (TPSA) is 69.0 Å². The molecule has 0 fully saturated rings. The maximum absolute atomic E-state index is 11.7. The minimum atomic E-state index is -3.06. The molecule has 20 heavy (non-hydrogen) atoms. The van der Waals surface area contributed by atoms with Crippen molar-refractivity contribution in [3.05, 3.63) is 28.2 Å². The first-order valence-corrected chi connectivity index (χ1v) is 8.56. The van der Waals surface area contributed by atoms with Crippen molar-refractivity contribution in [2.45, 2.75) is 58.2 Å². The van der Waals surface area contributed by atoms with E-state index in [0.29, 0.717) is 13.0 Å². The fourth-order valence-corrected chi connectivity index (χ4v) is 2.66. The van der Waals surface area contributed by atoms with Crippen molar-refractivity contribution in [2.75, 3.05) is 5.75 Å². The van der Waals surface area contributed by atoms with Crippen LogP contribution >= 0.6 is 0 Å². The molecule has 6 heteroatoms. The largest absolute Gasteiger partial charge is 0.268 e. The zero-order chi connectivity index (χ0) is 15.6. The summed E-state index contributed by atoms with van der Waals surface area (Å²) in [5.74, 6) is 0.0819. The summed E-state index contributed by atoms with van der Waals surface area (Å²) in [6.45, 7) is 9.72. The van der Waals surface area contributed by atoms with E-state index in [1.807, 2.05) is 20.8 Å². The maximum Gasteiger partial charge on any atom is 0.266 e. The molecule has 1 heterocycles. The van der Waals surface area contributed by atoms with Crippen molar-refractivity contribution in [1.82, 2.24) is 9.78 Å². The van der Waals surface area contributed by atoms with Gasteiger partial charge in [-0.2, -0.15) is 5.10 Å². The quantitative estimate of drug-likeness (QED) is 0.831. The second-order valence-corrected chi connectivity index (χ2v) is 8.98. The number of nitrogens with zero attached hydrogens (tertiary/aromatic N) is 2. The van der Waals surface area contributed by atoms with Gasteiger partial charge in [0.25, 0.3) is 5.56 Å². The van der Waals surface area contributed by atoms with Crippen LogP contribution < -0.4 is 5.56 Å². The SMILES string of the molecule is CC(C)S(=O)(=O)CCCn1nc(C(C)(C)C)ccc1=O. The lowest BCUT2D eigenvalue weighted by molar-refractivity contribution is 0.494. The van der Waals surface area contributed by atoms with Crippen molar-refractivity contribution < 1.29 is 8.42 Å². The van der Waals surface area contributed by atoms with Crippen molar-refractivity contribution in [3.8, 4) is 0 Å². The molecule has 0 atom stereocenters. The van der Waals surface area contributed by atoms with Gasteiger partial charge in [0.2, 0.25) is 0 Å². The third-order valence-electron chi connectivity index (χ3n) is 3.15. The Labute approximate surface area is 120 Å². The minimum absolute atomic E-state index is 0.0819. The maximum atomic E-state index is 11.7. The Morgan fingerprint density at radius 3 is 2.35 bits per heavy atom. The Morgan fingerprint density at radius 1 is 1.25 bits per heavy atom. The molecule has 5 nitrogen and oxygen atoms in total. The molecule has 0 saturated heterocycles. The highest BCUT2D eigenvalue weighted by Gasteiger charge is 2.18. The minimum Gasteiger partial charge on any atom is -0.268 e. The van der Waals surface area contributed by atoms with Gasteiger partial charge in [-0.15, -0.1) is 0 Å². The lowest BCUT2D eigenvalue weighted by Gasteiger charge is -2.18. The van der Waals surface area contributed by atoms with E-state index in [1.54, 1.807) is 19.9 Å². The van der Waals surface area contributed by atoms with Gasteiger partial charge in [-0.25, -0.2) is 13.1 Å². The summed E-state index contributed by atoms with van der Waals surface area (Å²) >= 11 is 0. The molecular formula is C14H24N2O3S. The molecule has 1 aromatic heterocycles. The molecule has 0 aliphatic rings. The van der Waals surface area contributed by atoms with Gasteiger partial charge in [0, 0.05) is 18.0 Å². The molecule has 0 radical (unpaired) electrons. The fourth-order valence-electron chi connectivity index (χ4n) is 1.66. The highest BCUT2D eigenvalue weighted by Crippen LogP contribution is 2.18. The Balaban J connectivity index is 2.82. The van der Waals surface area contributed by atoms with E-state index in [-0.39, 0.29) is 22.0 Å². The number of hydrogen-bond donors (Lipinski definition) is 0. The van der Waals surface area contributed by atoms with Gasteiger partial charge in [0.15, 0.2) is 9.84 Å². The van der Waals surface area contributed by atoms with Gasteiger partial charge in [-0.05, 0) is 26.3 Å². The van der Waals surface area contributed by atoms with Crippen LogP contribution in [0.2, 0.25) is 0 Å². The number of sulfone groups is 1. The van der Waals surface area contributed by atoms with Crippen LogP contribution in [0, 0.1) is 0 Å². The monoisotopic (exact) mass is 300 g/mol. The third kappa shape index (κ3) is 4.44. The molecule has 0 N–H and O–H groups in total. The second-order valence-electron chi connectivity index (χ2n) is 6.30. The van der Waals surface area contributed by atoms with Gasteiger partial charge in [-0.1, -0.05) is 20.8 Å². The number of hydrogen-bond acceptors (Lipinski definition) is 4. The molecule has 0 aliphatic carbocycles. The average Bonchev–Trinajstić information content (AvgIpc) is 2.29. The van der Waals surface area contributed by atoms with Gasteiger partial charge in [0.1, 0.15) is 0 Å². The number of rotatable bonds is 5. The third-order valence-corrected chi connectivity index (χ3v) is 5.45. The van der Waals surface area contributed by atoms with Gasteiger partial charge >= 0.3 is 0 Å². The van der Waals surface area contributed by atoms with E-state index in [2.05, 4.69) is 5.10 Å². The lowest BCUT2D eigenvalue weighted by atomic mass is 9.92. The molecule has 1 rings (SSSR count). The van der Waals surface area contributed by atoms with E-state index >= 15 is 0 Å². The first-order valence-electron chi connectivity index (χ1n) is 6.84. The number of aromatic nitrogens is 2. The fraction of sp³-hybridized carbons (Fsp3) is 0.714. The zero-order valence-electron chi connectivity index (χ0n) is 12.9. The van der Waals surface area contributed by atoms with E-state index < -0.39 is 9.84 Å². The van der Waals surface area contributed by atoms with Crippen LogP contribution in [-0.4, -0.2) is 29.2 Å². The van der Waals surface area contributed by atoms with E-state index in [1.165, 1.54) is 10.7 Å². The first-order chi connectivity index (χ1) is 9.04. The molecule has 0 spiro atoms. The molecule has 1 aromatic rings. The highest BCUT2D eigenvalue weighted by atomic mass is 32.2. The Morgan fingerprint density at radius 2 is 1.85 bits per heavy atom. The highest BCUT2D eigenvalue weighted by molar-refractivity contribution is 7.91. The van der Waals surface area contributed by atoms with Gasteiger partial charge < -0.3 is 0 Å². The summed E-state index contributed by atoms with van der Waals surface area (Å²) in [4.78, 5) is 11.7. The second kappa shape index (κ2) is 6.08. The summed E-state index contributed by atoms with van der Waals surface area (Å²) in [6, 6.07) is 3.22. The van der Waals surface area contributed by atoms with E-state index in [4.69, 9.17) is 0 Å². The Hall–Kier alpha value is -1.17. The molecule has 0 saturated carbocycles. The van der Waals surface area contributed by atoms with Crippen LogP contribution in [0.25, 0.3) is 0 Å². The summed E-state index contributed by atoms with van der Waals surface area (Å²) < 4.78 is 24.8. The summed E-state index contributed by atoms with van der Waals surface area (Å²) in [5, 5.41) is 3.94. The molecule has 0 unspecified atom stereocenters. The standard InChI is InChI=1S/C14H24N2O3S/c1-11(2)20(18,19)10-6-9-16-13(17)8-7-12(15-16)14(3,4)5/h7-8,11H,6,9-10H2,1-5H3. The molecule has 0 aromatic carbocycles. The van der Waals surface area contributed by atoms with Crippen LogP contribution in [0.5, 0.6) is 0 Å². The van der Waals surface area contributed by atoms with Crippen molar-refractivity contribution in [3.63, 3.8) is 0 Å². The molecular weight excluding hydrogens is 276 g/mol. The molecule has 0 bridgehead atoms. The summed E-state index contributed by atoms with van der Waals surface area (Å²) in [6.07, 6.45) is 0.404. The Kier molecular flexibility index (Phi) is 5.13. The van der Waals surface area contributed by atoms with Crippen molar-refractivity contribution in [1.29, 1.82) is 0 Å². The van der Waals surface area contributed by atoms with Crippen LogP contribution in [0.1, 0.15) is 46.7 Å². The first kappa shape index (κ1) is 16.9. The predicted octanol–water partition coefficient (Wildman–Crippen LogP) is 1.75. The predicted molar refractivity (Wildman–Crippen MR) is 80.7 cm³/mol. The van der Waals surface area contributed by atoms with Crippen LogP contribution in [0.4, 0.5) is 0 Å². The number of aryl methyl sites for hydroxylation is 1.